The van der Waals surface area contributed by atoms with Crippen LogP contribution in [0.25, 0.3) is 11.1 Å². The van der Waals surface area contributed by atoms with E-state index < -0.39 is 0 Å². The highest BCUT2D eigenvalue weighted by atomic mass is 16.5. The summed E-state index contributed by atoms with van der Waals surface area (Å²) >= 11 is 0. The number of anilines is 1. The van der Waals surface area contributed by atoms with Crippen LogP contribution in [-0.2, 0) is 0 Å². The van der Waals surface area contributed by atoms with Crippen LogP contribution in [0.15, 0.2) is 36.4 Å². The average molecular weight is 243 g/mol. The van der Waals surface area contributed by atoms with Gasteiger partial charge in [-0.05, 0) is 36.2 Å². The summed E-state index contributed by atoms with van der Waals surface area (Å²) in [6.45, 7) is 2.01. The van der Waals surface area contributed by atoms with E-state index in [0.29, 0.717) is 0 Å². The van der Waals surface area contributed by atoms with Gasteiger partial charge in [0, 0.05) is 17.3 Å². The van der Waals surface area contributed by atoms with E-state index in [2.05, 4.69) is 0 Å². The van der Waals surface area contributed by atoms with Gasteiger partial charge < -0.3 is 15.2 Å². The molecule has 18 heavy (non-hydrogen) atoms. The quantitative estimate of drug-likeness (QED) is 0.841. The lowest BCUT2D eigenvalue weighted by atomic mass is 9.98. The first-order valence-electron chi connectivity index (χ1n) is 5.75. The molecular formula is C15H17NO2. The SMILES string of the molecule is COc1ccc(-c2cccc(N)c2C)c(OC)c1. The third kappa shape index (κ3) is 2.12. The van der Waals surface area contributed by atoms with E-state index >= 15 is 0 Å². The van der Waals surface area contributed by atoms with Crippen molar-refractivity contribution in [3.8, 4) is 22.6 Å². The van der Waals surface area contributed by atoms with E-state index in [1.165, 1.54) is 0 Å². The zero-order valence-electron chi connectivity index (χ0n) is 10.9. The number of benzene rings is 2. The van der Waals surface area contributed by atoms with Crippen LogP contribution in [0.5, 0.6) is 11.5 Å². The standard InChI is InChI=1S/C15H17NO2/c1-10-12(5-4-6-14(10)16)13-8-7-11(17-2)9-15(13)18-3/h4-9H,16H2,1-3H3. The second kappa shape index (κ2) is 5.00. The first-order valence-corrected chi connectivity index (χ1v) is 5.75. The van der Waals surface area contributed by atoms with Crippen molar-refractivity contribution in [2.24, 2.45) is 0 Å². The van der Waals surface area contributed by atoms with E-state index in [0.717, 1.165) is 33.9 Å². The molecule has 2 N–H and O–H groups in total. The summed E-state index contributed by atoms with van der Waals surface area (Å²) in [5, 5.41) is 0. The van der Waals surface area contributed by atoms with Crippen LogP contribution in [0.3, 0.4) is 0 Å². The molecule has 94 valence electrons. The molecule has 2 aromatic carbocycles. The van der Waals surface area contributed by atoms with Gasteiger partial charge in [-0.15, -0.1) is 0 Å². The van der Waals surface area contributed by atoms with E-state index in [9.17, 15) is 0 Å². The van der Waals surface area contributed by atoms with Crippen LogP contribution in [0.4, 0.5) is 5.69 Å². The van der Waals surface area contributed by atoms with Crippen molar-refractivity contribution in [2.45, 2.75) is 6.92 Å². The number of rotatable bonds is 3. The topological polar surface area (TPSA) is 44.5 Å². The Labute approximate surface area is 107 Å². The van der Waals surface area contributed by atoms with Gasteiger partial charge in [0.1, 0.15) is 11.5 Å². The summed E-state index contributed by atoms with van der Waals surface area (Å²) in [5.74, 6) is 1.56. The van der Waals surface area contributed by atoms with E-state index in [1.807, 2.05) is 43.3 Å². The maximum absolute atomic E-state index is 5.94. The Kier molecular flexibility index (Phi) is 3.42. The zero-order chi connectivity index (χ0) is 13.1. The van der Waals surface area contributed by atoms with Gasteiger partial charge in [-0.1, -0.05) is 12.1 Å². The van der Waals surface area contributed by atoms with E-state index in [1.54, 1.807) is 14.2 Å². The first-order chi connectivity index (χ1) is 8.67. The molecule has 2 rings (SSSR count). The molecule has 0 atom stereocenters. The van der Waals surface area contributed by atoms with Crippen molar-refractivity contribution in [3.63, 3.8) is 0 Å². The Bertz CT molecular complexity index is 564. The number of nitrogen functional groups attached to an aromatic ring is 1. The maximum Gasteiger partial charge on any atom is 0.130 e. The van der Waals surface area contributed by atoms with Crippen molar-refractivity contribution in [1.82, 2.24) is 0 Å². The van der Waals surface area contributed by atoms with Gasteiger partial charge in [-0.3, -0.25) is 0 Å². The van der Waals surface area contributed by atoms with Crippen LogP contribution in [-0.4, -0.2) is 14.2 Å². The Morgan fingerprint density at radius 2 is 1.72 bits per heavy atom. The van der Waals surface area contributed by atoms with Crippen LogP contribution < -0.4 is 15.2 Å². The van der Waals surface area contributed by atoms with Gasteiger partial charge in [-0.2, -0.15) is 0 Å². The molecule has 0 amide bonds. The van der Waals surface area contributed by atoms with Crippen molar-refractivity contribution < 1.29 is 9.47 Å². The number of nitrogens with two attached hydrogens (primary N) is 1. The summed E-state index contributed by atoms with van der Waals surface area (Å²) in [5.41, 5.74) is 9.87. The minimum atomic E-state index is 0.775. The maximum atomic E-state index is 5.94. The number of methoxy groups -OCH3 is 2. The fourth-order valence-electron chi connectivity index (χ4n) is 1.97. The lowest BCUT2D eigenvalue weighted by Crippen LogP contribution is -1.95. The van der Waals surface area contributed by atoms with Crippen LogP contribution >= 0.6 is 0 Å². The number of hydrogen-bond acceptors (Lipinski definition) is 3. The minimum absolute atomic E-state index is 0.775. The molecule has 3 heteroatoms. The molecule has 0 aliphatic carbocycles. The molecule has 0 aliphatic rings. The Morgan fingerprint density at radius 1 is 0.944 bits per heavy atom. The summed E-state index contributed by atoms with van der Waals surface area (Å²) < 4.78 is 10.6. The predicted octanol–water partition coefficient (Wildman–Crippen LogP) is 3.26. The highest BCUT2D eigenvalue weighted by Gasteiger charge is 2.10. The molecule has 0 unspecified atom stereocenters. The predicted molar refractivity (Wildman–Crippen MR) is 74.1 cm³/mol. The summed E-state index contributed by atoms with van der Waals surface area (Å²) in [6.07, 6.45) is 0. The van der Waals surface area contributed by atoms with Crippen LogP contribution in [0, 0.1) is 6.92 Å². The number of ether oxygens (including phenoxy) is 2. The van der Waals surface area contributed by atoms with Crippen LogP contribution in [0.1, 0.15) is 5.56 Å². The third-order valence-corrected chi connectivity index (χ3v) is 3.07. The fourth-order valence-corrected chi connectivity index (χ4v) is 1.97. The van der Waals surface area contributed by atoms with Gasteiger partial charge in [-0.25, -0.2) is 0 Å². The molecular weight excluding hydrogens is 226 g/mol. The highest BCUT2D eigenvalue weighted by molar-refractivity contribution is 5.77. The molecule has 0 saturated carbocycles. The van der Waals surface area contributed by atoms with Gasteiger partial charge >= 0.3 is 0 Å². The zero-order valence-corrected chi connectivity index (χ0v) is 10.9. The number of hydrogen-bond donors (Lipinski definition) is 1. The summed E-state index contributed by atoms with van der Waals surface area (Å²) in [6, 6.07) is 11.7. The lowest BCUT2D eigenvalue weighted by molar-refractivity contribution is 0.395. The average Bonchev–Trinajstić information content (AvgIpc) is 2.41. The van der Waals surface area contributed by atoms with Crippen molar-refractivity contribution in [1.29, 1.82) is 0 Å². The second-order valence-corrected chi connectivity index (χ2v) is 4.09. The molecule has 3 nitrogen and oxygen atoms in total. The highest BCUT2D eigenvalue weighted by Crippen LogP contribution is 2.36. The summed E-state index contributed by atoms with van der Waals surface area (Å²) in [7, 11) is 3.29. The smallest absolute Gasteiger partial charge is 0.130 e. The molecule has 0 heterocycles. The van der Waals surface area contributed by atoms with E-state index in [4.69, 9.17) is 15.2 Å². The fraction of sp³-hybridized carbons (Fsp3) is 0.200. The van der Waals surface area contributed by atoms with Crippen LogP contribution in [0.2, 0.25) is 0 Å². The van der Waals surface area contributed by atoms with Crippen molar-refractivity contribution >= 4 is 5.69 Å². The molecule has 0 aliphatic heterocycles. The molecule has 0 aromatic heterocycles. The molecule has 0 bridgehead atoms. The monoisotopic (exact) mass is 243 g/mol. The molecule has 0 fully saturated rings. The van der Waals surface area contributed by atoms with Gasteiger partial charge in [0.05, 0.1) is 14.2 Å². The minimum Gasteiger partial charge on any atom is -0.497 e. The van der Waals surface area contributed by atoms with Gasteiger partial charge in [0.15, 0.2) is 0 Å². The normalized spacial score (nSPS) is 10.2. The largest absolute Gasteiger partial charge is 0.497 e. The molecule has 0 spiro atoms. The Morgan fingerprint density at radius 3 is 2.39 bits per heavy atom. The van der Waals surface area contributed by atoms with Gasteiger partial charge in [0.2, 0.25) is 0 Å². The molecule has 2 aromatic rings. The Hall–Kier alpha value is -2.16. The summed E-state index contributed by atoms with van der Waals surface area (Å²) in [4.78, 5) is 0. The van der Waals surface area contributed by atoms with Gasteiger partial charge in [0.25, 0.3) is 0 Å². The molecule has 0 radical (unpaired) electrons. The first kappa shape index (κ1) is 12.3. The lowest BCUT2D eigenvalue weighted by Gasteiger charge is -2.13. The third-order valence-electron chi connectivity index (χ3n) is 3.07. The second-order valence-electron chi connectivity index (χ2n) is 4.09. The van der Waals surface area contributed by atoms with Crippen molar-refractivity contribution in [2.75, 3.05) is 20.0 Å². The van der Waals surface area contributed by atoms with E-state index in [-0.39, 0.29) is 0 Å². The Balaban J connectivity index is 2.60. The molecule has 0 saturated heterocycles. The van der Waals surface area contributed by atoms with Crippen molar-refractivity contribution in [3.05, 3.63) is 42.0 Å².